The van der Waals surface area contributed by atoms with Gasteiger partial charge in [0.1, 0.15) is 6.54 Å². The Bertz CT molecular complexity index is 809. The number of benzene rings is 1. The van der Waals surface area contributed by atoms with Gasteiger partial charge in [0.2, 0.25) is 5.91 Å². The number of hydrogen-bond acceptors (Lipinski definition) is 3. The molecular weight excluding hydrogens is 354 g/mol. The summed E-state index contributed by atoms with van der Waals surface area (Å²) in [4.78, 5) is 29.6. The van der Waals surface area contributed by atoms with Gasteiger partial charge in [-0.15, -0.1) is 0 Å². The van der Waals surface area contributed by atoms with Gasteiger partial charge in [0.25, 0.3) is 5.91 Å². The SMILES string of the molecule is COCCN(CC(=O)N(Cc1cccn1C)C1CC1)C(=O)c1ccc(C)cc1. The molecule has 1 aliphatic rings. The number of ether oxygens (including phenoxy) is 1. The number of amides is 2. The standard InChI is InChI=1S/C22H29N3O3/c1-17-6-8-18(9-7-17)22(27)24(13-14-28-3)16-21(26)25(19-10-11-19)15-20-5-4-12-23(20)2/h4-9,12,19H,10-11,13-16H2,1-3H3. The van der Waals surface area contributed by atoms with Crippen LogP contribution in [-0.4, -0.2) is 59.0 Å². The Morgan fingerprint density at radius 2 is 1.89 bits per heavy atom. The molecule has 1 aromatic heterocycles. The van der Waals surface area contributed by atoms with Gasteiger partial charge in [0.05, 0.1) is 13.2 Å². The Hall–Kier alpha value is -2.60. The lowest BCUT2D eigenvalue weighted by molar-refractivity contribution is -0.133. The van der Waals surface area contributed by atoms with E-state index in [1.807, 2.05) is 66.0 Å². The third kappa shape index (κ3) is 5.01. The normalized spacial score (nSPS) is 13.4. The zero-order valence-electron chi connectivity index (χ0n) is 16.9. The molecule has 0 radical (unpaired) electrons. The first-order valence-electron chi connectivity index (χ1n) is 9.74. The van der Waals surface area contributed by atoms with Crippen molar-refractivity contribution in [2.24, 2.45) is 7.05 Å². The van der Waals surface area contributed by atoms with Crippen molar-refractivity contribution >= 4 is 11.8 Å². The average molecular weight is 383 g/mol. The van der Waals surface area contributed by atoms with E-state index in [1.165, 1.54) is 0 Å². The zero-order chi connectivity index (χ0) is 20.1. The largest absolute Gasteiger partial charge is 0.383 e. The van der Waals surface area contributed by atoms with Crippen LogP contribution in [0.3, 0.4) is 0 Å². The third-order valence-electron chi connectivity index (χ3n) is 5.17. The second kappa shape index (κ2) is 9.06. The lowest BCUT2D eigenvalue weighted by Gasteiger charge is -2.28. The number of aromatic nitrogens is 1. The summed E-state index contributed by atoms with van der Waals surface area (Å²) in [5, 5.41) is 0. The van der Waals surface area contributed by atoms with Gasteiger partial charge in [-0.05, 0) is 44.0 Å². The molecule has 28 heavy (non-hydrogen) atoms. The van der Waals surface area contributed by atoms with Crippen LogP contribution >= 0.6 is 0 Å². The molecule has 0 atom stereocenters. The second-order valence-electron chi connectivity index (χ2n) is 7.45. The number of carbonyl (C=O) groups excluding carboxylic acids is 2. The first-order chi connectivity index (χ1) is 13.5. The van der Waals surface area contributed by atoms with Crippen molar-refractivity contribution in [3.8, 4) is 0 Å². The molecule has 2 aromatic rings. The zero-order valence-corrected chi connectivity index (χ0v) is 16.9. The van der Waals surface area contributed by atoms with E-state index in [9.17, 15) is 9.59 Å². The smallest absolute Gasteiger partial charge is 0.254 e. The van der Waals surface area contributed by atoms with E-state index in [4.69, 9.17) is 4.74 Å². The van der Waals surface area contributed by atoms with Crippen LogP contribution in [0, 0.1) is 6.92 Å². The minimum atomic E-state index is -0.139. The first kappa shape index (κ1) is 20.1. The molecule has 0 unspecified atom stereocenters. The molecule has 2 amide bonds. The van der Waals surface area contributed by atoms with Gasteiger partial charge in [-0.2, -0.15) is 0 Å². The van der Waals surface area contributed by atoms with Crippen LogP contribution in [0.1, 0.15) is 34.5 Å². The van der Waals surface area contributed by atoms with E-state index in [-0.39, 0.29) is 24.4 Å². The summed E-state index contributed by atoms with van der Waals surface area (Å²) in [5.41, 5.74) is 2.78. The fourth-order valence-electron chi connectivity index (χ4n) is 3.23. The highest BCUT2D eigenvalue weighted by molar-refractivity contribution is 5.96. The summed E-state index contributed by atoms with van der Waals surface area (Å²) in [6, 6.07) is 11.7. The Morgan fingerprint density at radius 1 is 1.18 bits per heavy atom. The Labute approximate surface area is 166 Å². The molecule has 1 fully saturated rings. The molecular formula is C22H29N3O3. The van der Waals surface area contributed by atoms with E-state index in [0.717, 1.165) is 24.1 Å². The van der Waals surface area contributed by atoms with E-state index in [1.54, 1.807) is 12.0 Å². The Kier molecular flexibility index (Phi) is 6.52. The molecule has 1 heterocycles. The highest BCUT2D eigenvalue weighted by atomic mass is 16.5. The summed E-state index contributed by atoms with van der Waals surface area (Å²) in [5.74, 6) is -0.153. The maximum Gasteiger partial charge on any atom is 0.254 e. The fourth-order valence-corrected chi connectivity index (χ4v) is 3.23. The summed E-state index contributed by atoms with van der Waals surface area (Å²) >= 11 is 0. The minimum Gasteiger partial charge on any atom is -0.383 e. The van der Waals surface area contributed by atoms with Crippen molar-refractivity contribution in [1.82, 2.24) is 14.4 Å². The topological polar surface area (TPSA) is 54.8 Å². The minimum absolute atomic E-state index is 0.0136. The Balaban J connectivity index is 1.72. The lowest BCUT2D eigenvalue weighted by atomic mass is 10.1. The molecule has 0 spiro atoms. The van der Waals surface area contributed by atoms with Crippen LogP contribution in [0.25, 0.3) is 0 Å². The number of hydrogen-bond donors (Lipinski definition) is 0. The van der Waals surface area contributed by atoms with Crippen molar-refractivity contribution < 1.29 is 14.3 Å². The predicted octanol–water partition coefficient (Wildman–Crippen LogP) is 2.61. The van der Waals surface area contributed by atoms with Gasteiger partial charge in [0, 0.05) is 44.2 Å². The van der Waals surface area contributed by atoms with Crippen molar-refractivity contribution in [2.45, 2.75) is 32.4 Å². The van der Waals surface area contributed by atoms with Crippen LogP contribution in [0.5, 0.6) is 0 Å². The van der Waals surface area contributed by atoms with E-state index >= 15 is 0 Å². The fraction of sp³-hybridized carbons (Fsp3) is 0.455. The monoisotopic (exact) mass is 383 g/mol. The van der Waals surface area contributed by atoms with Crippen LogP contribution in [-0.2, 0) is 23.1 Å². The molecule has 0 aliphatic heterocycles. The van der Waals surface area contributed by atoms with Crippen molar-refractivity contribution in [3.05, 3.63) is 59.4 Å². The highest BCUT2D eigenvalue weighted by Gasteiger charge is 2.34. The van der Waals surface area contributed by atoms with Crippen LogP contribution in [0.4, 0.5) is 0 Å². The highest BCUT2D eigenvalue weighted by Crippen LogP contribution is 2.28. The van der Waals surface area contributed by atoms with Crippen LogP contribution < -0.4 is 0 Å². The van der Waals surface area contributed by atoms with Crippen molar-refractivity contribution in [2.75, 3.05) is 26.8 Å². The quantitative estimate of drug-likeness (QED) is 0.669. The molecule has 0 bridgehead atoms. The van der Waals surface area contributed by atoms with Gasteiger partial charge >= 0.3 is 0 Å². The molecule has 1 saturated carbocycles. The Morgan fingerprint density at radius 3 is 2.46 bits per heavy atom. The third-order valence-corrected chi connectivity index (χ3v) is 5.17. The van der Waals surface area contributed by atoms with E-state index < -0.39 is 0 Å². The molecule has 0 saturated heterocycles. The van der Waals surface area contributed by atoms with Crippen molar-refractivity contribution in [1.29, 1.82) is 0 Å². The number of carbonyl (C=O) groups is 2. The number of methoxy groups -OCH3 is 1. The van der Waals surface area contributed by atoms with Gasteiger partial charge in [-0.1, -0.05) is 17.7 Å². The maximum absolute atomic E-state index is 13.1. The molecule has 6 nitrogen and oxygen atoms in total. The summed E-state index contributed by atoms with van der Waals surface area (Å²) < 4.78 is 7.19. The second-order valence-corrected chi connectivity index (χ2v) is 7.45. The van der Waals surface area contributed by atoms with Gasteiger partial charge < -0.3 is 19.1 Å². The number of rotatable bonds is 9. The molecule has 1 aliphatic carbocycles. The van der Waals surface area contributed by atoms with Crippen molar-refractivity contribution in [3.63, 3.8) is 0 Å². The van der Waals surface area contributed by atoms with Gasteiger partial charge in [-0.3, -0.25) is 9.59 Å². The summed E-state index contributed by atoms with van der Waals surface area (Å²) in [6.45, 7) is 3.40. The lowest BCUT2D eigenvalue weighted by Crippen LogP contribution is -2.44. The molecule has 0 N–H and O–H groups in total. The first-order valence-corrected chi connectivity index (χ1v) is 9.74. The van der Waals surface area contributed by atoms with E-state index in [2.05, 4.69) is 0 Å². The van der Waals surface area contributed by atoms with Gasteiger partial charge in [-0.25, -0.2) is 0 Å². The number of nitrogens with zero attached hydrogens (tertiary/aromatic N) is 3. The summed E-state index contributed by atoms with van der Waals surface area (Å²) in [6.07, 6.45) is 4.04. The molecule has 1 aromatic carbocycles. The molecule has 150 valence electrons. The van der Waals surface area contributed by atoms with Crippen LogP contribution in [0.2, 0.25) is 0 Å². The van der Waals surface area contributed by atoms with Gasteiger partial charge in [0.15, 0.2) is 0 Å². The molecule has 3 rings (SSSR count). The van der Waals surface area contributed by atoms with Crippen LogP contribution in [0.15, 0.2) is 42.6 Å². The summed E-state index contributed by atoms with van der Waals surface area (Å²) in [7, 11) is 3.58. The average Bonchev–Trinajstić information content (AvgIpc) is 3.45. The predicted molar refractivity (Wildman–Crippen MR) is 108 cm³/mol. The molecule has 6 heteroatoms. The van der Waals surface area contributed by atoms with E-state index in [0.29, 0.717) is 25.3 Å². The maximum atomic E-state index is 13.1. The number of aryl methyl sites for hydroxylation is 2.